The number of amides is 1. The van der Waals surface area contributed by atoms with Gasteiger partial charge < -0.3 is 10.2 Å². The minimum absolute atomic E-state index is 0.161. The van der Waals surface area contributed by atoms with Crippen LogP contribution in [0.3, 0.4) is 0 Å². The highest BCUT2D eigenvalue weighted by molar-refractivity contribution is 5.94. The molecule has 2 bridgehead atoms. The van der Waals surface area contributed by atoms with E-state index in [1.54, 1.807) is 0 Å². The maximum atomic E-state index is 13.1. The molecular formula is C23H28N6O. The lowest BCUT2D eigenvalue weighted by molar-refractivity contribution is 0.0495. The summed E-state index contributed by atoms with van der Waals surface area (Å²) < 4.78 is 1.83. The van der Waals surface area contributed by atoms with Crippen molar-refractivity contribution in [3.05, 3.63) is 59.4 Å². The quantitative estimate of drug-likeness (QED) is 0.704. The Hall–Kier alpha value is -2.77. The molecule has 2 fully saturated rings. The van der Waals surface area contributed by atoms with Crippen LogP contribution in [0.15, 0.2) is 42.6 Å². The van der Waals surface area contributed by atoms with Crippen molar-refractivity contribution in [3.8, 4) is 0 Å². The highest BCUT2D eigenvalue weighted by Crippen LogP contribution is 2.26. The Morgan fingerprint density at radius 2 is 2.07 bits per heavy atom. The number of fused-ring (bicyclic) bond motifs is 3. The number of nitrogens with zero attached hydrogens (tertiary/aromatic N) is 5. The SMILES string of the molecule is Cc1nn(C)c2ncc(CNC[C@H]3CN(C(=O)c4ccccc4)[C@H]4CCN3C4)cc12. The third-order valence-corrected chi connectivity index (χ3v) is 6.47. The highest BCUT2D eigenvalue weighted by atomic mass is 16.2. The van der Waals surface area contributed by atoms with Crippen LogP contribution in [0.25, 0.3) is 11.0 Å². The molecule has 7 nitrogen and oxygen atoms in total. The Kier molecular flexibility index (Phi) is 5.00. The van der Waals surface area contributed by atoms with Crippen LogP contribution in [0.2, 0.25) is 0 Å². The second-order valence-electron chi connectivity index (χ2n) is 8.47. The van der Waals surface area contributed by atoms with Crippen LogP contribution in [-0.4, -0.2) is 68.7 Å². The van der Waals surface area contributed by atoms with Gasteiger partial charge in [0, 0.05) is 69.0 Å². The lowest BCUT2D eigenvalue weighted by Gasteiger charge is -2.40. The number of aromatic nitrogens is 3. The minimum atomic E-state index is 0.161. The van der Waals surface area contributed by atoms with Gasteiger partial charge in [0.15, 0.2) is 5.65 Å². The molecule has 1 aromatic carbocycles. The summed E-state index contributed by atoms with van der Waals surface area (Å²) in [6.45, 7) is 6.47. The summed E-state index contributed by atoms with van der Waals surface area (Å²) in [5.41, 5.74) is 3.87. The predicted octanol–water partition coefficient (Wildman–Crippen LogP) is 1.97. The molecule has 0 aliphatic carbocycles. The Labute approximate surface area is 176 Å². The Morgan fingerprint density at radius 1 is 1.23 bits per heavy atom. The van der Waals surface area contributed by atoms with Crippen molar-refractivity contribution in [2.24, 2.45) is 7.05 Å². The largest absolute Gasteiger partial charge is 0.333 e. The number of hydrogen-bond acceptors (Lipinski definition) is 5. The number of hydrogen-bond donors (Lipinski definition) is 1. The summed E-state index contributed by atoms with van der Waals surface area (Å²) in [7, 11) is 1.93. The van der Waals surface area contributed by atoms with Gasteiger partial charge in [-0.1, -0.05) is 18.2 Å². The van der Waals surface area contributed by atoms with Crippen molar-refractivity contribution in [2.75, 3.05) is 26.2 Å². The highest BCUT2D eigenvalue weighted by Gasteiger charge is 2.40. The van der Waals surface area contributed by atoms with Crippen molar-refractivity contribution in [2.45, 2.75) is 32.0 Å². The van der Waals surface area contributed by atoms with E-state index in [0.717, 1.165) is 67.0 Å². The number of benzene rings is 1. The van der Waals surface area contributed by atoms with Crippen LogP contribution in [-0.2, 0) is 13.6 Å². The standard InChI is InChI=1S/C23H28N6O/c1-16-21-10-17(12-25-22(21)27(2)26-16)11-24-13-20-15-29(19-8-9-28(20)14-19)23(30)18-6-4-3-5-7-18/h3-7,10,12,19-20,24H,8-9,11,13-15H2,1-2H3/t19-,20-/m0/s1. The molecule has 1 amide bonds. The van der Waals surface area contributed by atoms with E-state index in [1.165, 1.54) is 0 Å². The Morgan fingerprint density at radius 3 is 2.90 bits per heavy atom. The van der Waals surface area contributed by atoms with Crippen molar-refractivity contribution >= 4 is 16.9 Å². The zero-order valence-electron chi connectivity index (χ0n) is 17.6. The monoisotopic (exact) mass is 404 g/mol. The zero-order chi connectivity index (χ0) is 20.7. The fraction of sp³-hybridized carbons (Fsp3) is 0.435. The van der Waals surface area contributed by atoms with Gasteiger partial charge in [-0.05, 0) is 37.1 Å². The van der Waals surface area contributed by atoms with Gasteiger partial charge in [-0.25, -0.2) is 4.98 Å². The number of pyridine rings is 1. The lowest BCUT2D eigenvalue weighted by atomic mass is 10.1. The van der Waals surface area contributed by atoms with E-state index >= 15 is 0 Å². The van der Waals surface area contributed by atoms with E-state index in [9.17, 15) is 4.79 Å². The molecule has 1 N–H and O–H groups in total. The van der Waals surface area contributed by atoms with Crippen LogP contribution >= 0.6 is 0 Å². The molecule has 2 saturated heterocycles. The van der Waals surface area contributed by atoms with E-state index in [-0.39, 0.29) is 5.91 Å². The van der Waals surface area contributed by atoms with E-state index in [0.29, 0.717) is 12.1 Å². The van der Waals surface area contributed by atoms with Gasteiger partial charge >= 0.3 is 0 Å². The predicted molar refractivity (Wildman–Crippen MR) is 116 cm³/mol. The van der Waals surface area contributed by atoms with Crippen LogP contribution in [0, 0.1) is 6.92 Å². The number of piperazine rings is 1. The van der Waals surface area contributed by atoms with Gasteiger partial charge in [-0.2, -0.15) is 5.10 Å². The Balaban J connectivity index is 1.24. The number of carbonyl (C=O) groups is 1. The zero-order valence-corrected chi connectivity index (χ0v) is 17.6. The smallest absolute Gasteiger partial charge is 0.254 e. The molecule has 156 valence electrons. The summed E-state index contributed by atoms with van der Waals surface area (Å²) in [4.78, 5) is 22.3. The van der Waals surface area contributed by atoms with Crippen LogP contribution in [0.5, 0.6) is 0 Å². The molecular weight excluding hydrogens is 376 g/mol. The van der Waals surface area contributed by atoms with Crippen LogP contribution < -0.4 is 5.32 Å². The molecule has 0 saturated carbocycles. The topological polar surface area (TPSA) is 66.3 Å². The summed E-state index contributed by atoms with van der Waals surface area (Å²) in [5.74, 6) is 0.161. The number of carbonyl (C=O) groups excluding carboxylic acids is 1. The maximum absolute atomic E-state index is 13.1. The second-order valence-corrected chi connectivity index (χ2v) is 8.47. The maximum Gasteiger partial charge on any atom is 0.254 e. The fourth-order valence-corrected chi connectivity index (χ4v) is 4.87. The molecule has 30 heavy (non-hydrogen) atoms. The molecule has 2 aliphatic heterocycles. The number of nitrogens with one attached hydrogen (secondary N) is 1. The molecule has 3 atom stereocenters. The third-order valence-electron chi connectivity index (χ3n) is 6.47. The van der Waals surface area contributed by atoms with E-state index in [1.807, 2.05) is 55.2 Å². The van der Waals surface area contributed by atoms with Crippen molar-refractivity contribution < 1.29 is 4.79 Å². The van der Waals surface area contributed by atoms with Gasteiger partial charge in [0.25, 0.3) is 5.91 Å². The van der Waals surface area contributed by atoms with Crippen molar-refractivity contribution in [3.63, 3.8) is 0 Å². The minimum Gasteiger partial charge on any atom is -0.333 e. The molecule has 7 heteroatoms. The van der Waals surface area contributed by atoms with Crippen molar-refractivity contribution in [1.29, 1.82) is 0 Å². The molecule has 2 aliphatic rings. The number of rotatable bonds is 5. The molecule has 3 aromatic rings. The first-order valence-corrected chi connectivity index (χ1v) is 10.7. The average Bonchev–Trinajstić information content (AvgIpc) is 3.31. The first-order chi connectivity index (χ1) is 14.6. The second kappa shape index (κ2) is 7.81. The molecule has 1 unspecified atom stereocenters. The summed E-state index contributed by atoms with van der Waals surface area (Å²) in [6, 6.07) is 12.5. The summed E-state index contributed by atoms with van der Waals surface area (Å²) >= 11 is 0. The van der Waals surface area contributed by atoms with E-state index in [4.69, 9.17) is 0 Å². The first-order valence-electron chi connectivity index (χ1n) is 10.7. The Bertz CT molecular complexity index is 1060. The van der Waals surface area contributed by atoms with E-state index in [2.05, 4.69) is 31.3 Å². The van der Waals surface area contributed by atoms with E-state index < -0.39 is 0 Å². The van der Waals surface area contributed by atoms with Gasteiger partial charge in [-0.3, -0.25) is 14.4 Å². The third kappa shape index (κ3) is 3.48. The molecule has 5 rings (SSSR count). The fourth-order valence-electron chi connectivity index (χ4n) is 4.87. The molecule has 0 radical (unpaired) electrons. The first kappa shape index (κ1) is 19.2. The summed E-state index contributed by atoms with van der Waals surface area (Å²) in [5, 5.41) is 9.16. The normalized spacial score (nSPS) is 23.3. The van der Waals surface area contributed by atoms with Gasteiger partial charge in [-0.15, -0.1) is 0 Å². The average molecular weight is 405 g/mol. The van der Waals surface area contributed by atoms with Crippen LogP contribution in [0.4, 0.5) is 0 Å². The number of aryl methyl sites for hydroxylation is 2. The molecule has 4 heterocycles. The molecule has 2 aromatic heterocycles. The van der Waals surface area contributed by atoms with Gasteiger partial charge in [0.1, 0.15) is 0 Å². The lowest BCUT2D eigenvalue weighted by Crippen LogP contribution is -2.57. The van der Waals surface area contributed by atoms with Crippen LogP contribution in [0.1, 0.15) is 28.0 Å². The van der Waals surface area contributed by atoms with Crippen molar-refractivity contribution in [1.82, 2.24) is 29.9 Å². The molecule has 0 spiro atoms. The van der Waals surface area contributed by atoms with Gasteiger partial charge in [0.05, 0.1) is 5.69 Å². The van der Waals surface area contributed by atoms with Gasteiger partial charge in [0.2, 0.25) is 0 Å². The summed E-state index contributed by atoms with van der Waals surface area (Å²) in [6.07, 6.45) is 2.99.